The van der Waals surface area contributed by atoms with Crippen LogP contribution in [0.25, 0.3) is 0 Å². The fourth-order valence-corrected chi connectivity index (χ4v) is 3.05. The molecular weight excluding hydrogens is 286 g/mol. The third kappa shape index (κ3) is 5.33. The Labute approximate surface area is 140 Å². The standard InChI is InChI=1S/C19H31N3O/c1-14(20)11-18(23)21-17(19(2,3)4)13-22-10-9-15-7-5-6-8-16(15)12-22/h5-8,14,17H,9-13,20H2,1-4H3,(H,21,23). The van der Waals surface area contributed by atoms with Crippen LogP contribution in [-0.4, -0.2) is 36.0 Å². The van der Waals surface area contributed by atoms with E-state index in [9.17, 15) is 4.79 Å². The highest BCUT2D eigenvalue weighted by Crippen LogP contribution is 2.24. The molecule has 1 amide bonds. The van der Waals surface area contributed by atoms with Gasteiger partial charge in [-0.25, -0.2) is 0 Å². The van der Waals surface area contributed by atoms with Crippen molar-refractivity contribution in [2.24, 2.45) is 11.1 Å². The topological polar surface area (TPSA) is 58.4 Å². The second kappa shape index (κ2) is 7.45. The molecule has 1 aliphatic rings. The molecule has 0 fully saturated rings. The zero-order valence-electron chi connectivity index (χ0n) is 14.9. The molecule has 0 aromatic heterocycles. The van der Waals surface area contributed by atoms with Gasteiger partial charge in [-0.05, 0) is 29.9 Å². The van der Waals surface area contributed by atoms with Gasteiger partial charge in [-0.15, -0.1) is 0 Å². The Morgan fingerprint density at radius 1 is 1.30 bits per heavy atom. The first-order chi connectivity index (χ1) is 10.8. The SMILES string of the molecule is CC(N)CC(=O)NC(CN1CCc2ccccc2C1)C(C)(C)C. The molecular formula is C19H31N3O. The van der Waals surface area contributed by atoms with Crippen LogP contribution >= 0.6 is 0 Å². The van der Waals surface area contributed by atoms with E-state index in [1.165, 1.54) is 11.1 Å². The molecule has 1 aliphatic heterocycles. The summed E-state index contributed by atoms with van der Waals surface area (Å²) in [4.78, 5) is 14.6. The second-order valence-corrected chi connectivity index (χ2v) is 7.92. The van der Waals surface area contributed by atoms with Gasteiger partial charge in [0.15, 0.2) is 0 Å². The van der Waals surface area contributed by atoms with E-state index in [1.54, 1.807) is 0 Å². The third-order valence-corrected chi connectivity index (χ3v) is 4.54. The van der Waals surface area contributed by atoms with E-state index in [1.807, 2.05) is 6.92 Å². The fourth-order valence-electron chi connectivity index (χ4n) is 3.05. The van der Waals surface area contributed by atoms with Crippen LogP contribution in [0.1, 0.15) is 45.2 Å². The molecule has 23 heavy (non-hydrogen) atoms. The number of fused-ring (bicyclic) bond motifs is 1. The van der Waals surface area contributed by atoms with Gasteiger partial charge in [0, 0.05) is 38.1 Å². The summed E-state index contributed by atoms with van der Waals surface area (Å²) < 4.78 is 0. The summed E-state index contributed by atoms with van der Waals surface area (Å²) in [7, 11) is 0. The first kappa shape index (κ1) is 18.0. The van der Waals surface area contributed by atoms with Crippen molar-refractivity contribution >= 4 is 5.91 Å². The number of hydrogen-bond donors (Lipinski definition) is 2. The monoisotopic (exact) mass is 317 g/mol. The van der Waals surface area contributed by atoms with Crippen molar-refractivity contribution in [3.8, 4) is 0 Å². The van der Waals surface area contributed by atoms with E-state index in [0.717, 1.165) is 26.1 Å². The molecule has 1 heterocycles. The van der Waals surface area contributed by atoms with Crippen LogP contribution in [0.5, 0.6) is 0 Å². The van der Waals surface area contributed by atoms with Crippen molar-refractivity contribution in [2.45, 2.75) is 59.2 Å². The Morgan fingerprint density at radius 3 is 2.57 bits per heavy atom. The fraction of sp³-hybridized carbons (Fsp3) is 0.632. The minimum Gasteiger partial charge on any atom is -0.352 e. The van der Waals surface area contributed by atoms with E-state index >= 15 is 0 Å². The van der Waals surface area contributed by atoms with Crippen LogP contribution < -0.4 is 11.1 Å². The smallest absolute Gasteiger partial charge is 0.221 e. The summed E-state index contributed by atoms with van der Waals surface area (Å²) in [5.74, 6) is 0.0531. The number of hydrogen-bond acceptors (Lipinski definition) is 3. The highest BCUT2D eigenvalue weighted by Gasteiger charge is 2.29. The molecule has 0 radical (unpaired) electrons. The summed E-state index contributed by atoms with van der Waals surface area (Å²) in [6.07, 6.45) is 1.47. The van der Waals surface area contributed by atoms with Gasteiger partial charge in [-0.1, -0.05) is 45.0 Å². The van der Waals surface area contributed by atoms with Crippen molar-refractivity contribution in [2.75, 3.05) is 13.1 Å². The van der Waals surface area contributed by atoms with Crippen LogP contribution in [0.3, 0.4) is 0 Å². The molecule has 0 aliphatic carbocycles. The largest absolute Gasteiger partial charge is 0.352 e. The van der Waals surface area contributed by atoms with E-state index in [2.05, 4.69) is 55.3 Å². The summed E-state index contributed by atoms with van der Waals surface area (Å²) >= 11 is 0. The summed E-state index contributed by atoms with van der Waals surface area (Å²) in [5.41, 5.74) is 8.63. The van der Waals surface area contributed by atoms with Gasteiger partial charge in [0.05, 0.1) is 0 Å². The van der Waals surface area contributed by atoms with Crippen molar-refractivity contribution in [3.05, 3.63) is 35.4 Å². The van der Waals surface area contributed by atoms with Crippen LogP contribution in [0, 0.1) is 5.41 Å². The van der Waals surface area contributed by atoms with Crippen molar-refractivity contribution in [1.82, 2.24) is 10.2 Å². The number of nitrogens with zero attached hydrogens (tertiary/aromatic N) is 1. The average Bonchev–Trinajstić information content (AvgIpc) is 2.44. The van der Waals surface area contributed by atoms with Gasteiger partial charge in [0.2, 0.25) is 5.91 Å². The molecule has 4 nitrogen and oxygen atoms in total. The Morgan fingerprint density at radius 2 is 1.96 bits per heavy atom. The number of nitrogens with two attached hydrogens (primary N) is 1. The normalized spacial score (nSPS) is 18.1. The van der Waals surface area contributed by atoms with E-state index in [-0.39, 0.29) is 23.4 Å². The molecule has 4 heteroatoms. The molecule has 0 bridgehead atoms. The zero-order chi connectivity index (χ0) is 17.0. The maximum absolute atomic E-state index is 12.1. The molecule has 1 aromatic carbocycles. The van der Waals surface area contributed by atoms with Gasteiger partial charge in [-0.3, -0.25) is 9.69 Å². The number of amides is 1. The van der Waals surface area contributed by atoms with Gasteiger partial charge < -0.3 is 11.1 Å². The number of rotatable bonds is 5. The van der Waals surface area contributed by atoms with E-state index in [4.69, 9.17) is 5.73 Å². The van der Waals surface area contributed by atoms with E-state index < -0.39 is 0 Å². The first-order valence-electron chi connectivity index (χ1n) is 8.60. The lowest BCUT2D eigenvalue weighted by Gasteiger charge is -2.38. The lowest BCUT2D eigenvalue weighted by molar-refractivity contribution is -0.123. The predicted octanol–water partition coefficient (Wildman–Crippen LogP) is 2.31. The lowest BCUT2D eigenvalue weighted by atomic mass is 9.85. The Bertz CT molecular complexity index is 534. The van der Waals surface area contributed by atoms with Gasteiger partial charge in [0.1, 0.15) is 0 Å². The van der Waals surface area contributed by atoms with Crippen LogP contribution in [-0.2, 0) is 17.8 Å². The molecule has 0 saturated carbocycles. The number of carbonyl (C=O) groups excluding carboxylic acids is 1. The second-order valence-electron chi connectivity index (χ2n) is 7.92. The molecule has 128 valence electrons. The first-order valence-corrected chi connectivity index (χ1v) is 8.60. The number of carbonyl (C=O) groups is 1. The predicted molar refractivity (Wildman–Crippen MR) is 95.1 cm³/mol. The zero-order valence-corrected chi connectivity index (χ0v) is 14.9. The lowest BCUT2D eigenvalue weighted by Crippen LogP contribution is -2.52. The summed E-state index contributed by atoms with van der Waals surface area (Å²) in [6, 6.07) is 8.67. The number of benzene rings is 1. The maximum Gasteiger partial charge on any atom is 0.221 e. The van der Waals surface area contributed by atoms with Gasteiger partial charge in [-0.2, -0.15) is 0 Å². The highest BCUT2D eigenvalue weighted by molar-refractivity contribution is 5.76. The average molecular weight is 317 g/mol. The Hall–Kier alpha value is -1.39. The minimum absolute atomic E-state index is 0.0183. The summed E-state index contributed by atoms with van der Waals surface area (Å²) in [6.45, 7) is 11.3. The summed E-state index contributed by atoms with van der Waals surface area (Å²) in [5, 5.41) is 3.20. The van der Waals surface area contributed by atoms with Crippen LogP contribution in [0.2, 0.25) is 0 Å². The highest BCUT2D eigenvalue weighted by atomic mass is 16.1. The molecule has 3 N–H and O–H groups in total. The molecule has 2 rings (SSSR count). The van der Waals surface area contributed by atoms with Crippen LogP contribution in [0.15, 0.2) is 24.3 Å². The molecule has 2 unspecified atom stereocenters. The Balaban J connectivity index is 2.00. The van der Waals surface area contributed by atoms with Crippen molar-refractivity contribution in [1.29, 1.82) is 0 Å². The maximum atomic E-state index is 12.1. The number of nitrogens with one attached hydrogen (secondary N) is 1. The molecule has 2 atom stereocenters. The third-order valence-electron chi connectivity index (χ3n) is 4.54. The van der Waals surface area contributed by atoms with Crippen molar-refractivity contribution in [3.63, 3.8) is 0 Å². The minimum atomic E-state index is -0.0996. The molecule has 1 aromatic rings. The molecule has 0 saturated heterocycles. The quantitative estimate of drug-likeness (QED) is 0.876. The Kier molecular flexibility index (Phi) is 5.82. The van der Waals surface area contributed by atoms with E-state index in [0.29, 0.717) is 6.42 Å². The molecule has 0 spiro atoms. The van der Waals surface area contributed by atoms with Crippen LogP contribution in [0.4, 0.5) is 0 Å². The van der Waals surface area contributed by atoms with Gasteiger partial charge >= 0.3 is 0 Å². The van der Waals surface area contributed by atoms with Gasteiger partial charge in [0.25, 0.3) is 0 Å². The van der Waals surface area contributed by atoms with Crippen molar-refractivity contribution < 1.29 is 4.79 Å².